The number of hydrogen-bond acceptors (Lipinski definition) is 4. The maximum atomic E-state index is 12.1. The monoisotopic (exact) mass is 281 g/mol. The Labute approximate surface area is 121 Å². The van der Waals surface area contributed by atoms with Crippen LogP contribution >= 0.6 is 0 Å². The van der Waals surface area contributed by atoms with Crippen molar-refractivity contribution in [2.75, 3.05) is 0 Å². The number of benzene rings is 1. The summed E-state index contributed by atoms with van der Waals surface area (Å²) in [5.41, 5.74) is 2.72. The first-order valence-electron chi connectivity index (χ1n) is 6.73. The van der Waals surface area contributed by atoms with Gasteiger partial charge < -0.3 is 5.32 Å². The summed E-state index contributed by atoms with van der Waals surface area (Å²) in [6, 6.07) is 11.0. The van der Waals surface area contributed by atoms with E-state index in [0.29, 0.717) is 11.2 Å². The second-order valence-corrected chi connectivity index (χ2v) is 5.03. The number of carbonyl (C=O) groups is 1. The van der Waals surface area contributed by atoms with E-state index in [4.69, 9.17) is 0 Å². The molecule has 0 saturated carbocycles. The Morgan fingerprint density at radius 3 is 2.90 bits per heavy atom. The molecule has 21 heavy (non-hydrogen) atoms. The van der Waals surface area contributed by atoms with Gasteiger partial charge in [0.25, 0.3) is 5.91 Å². The number of hydrogen-bond donors (Lipinski definition) is 1. The standard InChI is InChI=1S/C15H15N5O/c1-10(2)17-15(21)11-5-3-6-12(9-11)20-14-13(18-19-20)7-4-8-16-14/h3-10H,1-2H3,(H,17,21). The van der Waals surface area contributed by atoms with Gasteiger partial charge in [-0.1, -0.05) is 11.3 Å². The first kappa shape index (κ1) is 13.2. The van der Waals surface area contributed by atoms with Gasteiger partial charge >= 0.3 is 0 Å². The van der Waals surface area contributed by atoms with Crippen LogP contribution < -0.4 is 5.32 Å². The molecule has 1 aromatic carbocycles. The fourth-order valence-corrected chi connectivity index (χ4v) is 2.06. The average molecular weight is 281 g/mol. The van der Waals surface area contributed by atoms with Crippen LogP contribution in [0.25, 0.3) is 16.9 Å². The average Bonchev–Trinajstić information content (AvgIpc) is 2.90. The molecule has 0 unspecified atom stereocenters. The number of nitrogens with zero attached hydrogens (tertiary/aromatic N) is 4. The molecule has 6 heteroatoms. The van der Waals surface area contributed by atoms with E-state index in [2.05, 4.69) is 20.6 Å². The molecule has 0 aliphatic rings. The highest BCUT2D eigenvalue weighted by Gasteiger charge is 2.11. The molecule has 3 rings (SSSR count). The third-order valence-corrected chi connectivity index (χ3v) is 2.98. The molecule has 0 aliphatic carbocycles. The lowest BCUT2D eigenvalue weighted by Crippen LogP contribution is -2.30. The molecule has 0 aliphatic heterocycles. The molecule has 1 amide bonds. The predicted octanol–water partition coefficient (Wildman–Crippen LogP) is 1.95. The third-order valence-electron chi connectivity index (χ3n) is 2.98. The summed E-state index contributed by atoms with van der Waals surface area (Å²) in [5, 5.41) is 11.0. The topological polar surface area (TPSA) is 72.7 Å². The van der Waals surface area contributed by atoms with Crippen LogP contribution in [0.4, 0.5) is 0 Å². The van der Waals surface area contributed by atoms with E-state index in [1.807, 2.05) is 38.1 Å². The molecule has 1 N–H and O–H groups in total. The Kier molecular flexibility index (Phi) is 3.35. The zero-order valence-corrected chi connectivity index (χ0v) is 11.8. The highest BCUT2D eigenvalue weighted by molar-refractivity contribution is 5.95. The number of nitrogens with one attached hydrogen (secondary N) is 1. The first-order valence-corrected chi connectivity index (χ1v) is 6.73. The van der Waals surface area contributed by atoms with Crippen LogP contribution in [-0.4, -0.2) is 31.9 Å². The van der Waals surface area contributed by atoms with Crippen molar-refractivity contribution in [3.63, 3.8) is 0 Å². The quantitative estimate of drug-likeness (QED) is 0.796. The van der Waals surface area contributed by atoms with Crippen LogP contribution in [-0.2, 0) is 0 Å². The van der Waals surface area contributed by atoms with Crippen molar-refractivity contribution in [3.05, 3.63) is 48.2 Å². The summed E-state index contributed by atoms with van der Waals surface area (Å²) in [5.74, 6) is -0.107. The minimum atomic E-state index is -0.107. The smallest absolute Gasteiger partial charge is 0.251 e. The molecule has 2 heterocycles. The van der Waals surface area contributed by atoms with Crippen molar-refractivity contribution < 1.29 is 4.79 Å². The Morgan fingerprint density at radius 2 is 2.10 bits per heavy atom. The third kappa shape index (κ3) is 2.60. The fourth-order valence-electron chi connectivity index (χ4n) is 2.06. The second kappa shape index (κ2) is 5.32. The van der Waals surface area contributed by atoms with Gasteiger partial charge in [0.2, 0.25) is 0 Å². The number of aromatic nitrogens is 4. The Hall–Kier alpha value is -2.76. The molecule has 106 valence electrons. The first-order chi connectivity index (χ1) is 10.1. The predicted molar refractivity (Wildman–Crippen MR) is 79.3 cm³/mol. The van der Waals surface area contributed by atoms with Crippen molar-refractivity contribution in [2.45, 2.75) is 19.9 Å². The molecule has 0 radical (unpaired) electrons. The molecular weight excluding hydrogens is 266 g/mol. The van der Waals surface area contributed by atoms with E-state index >= 15 is 0 Å². The highest BCUT2D eigenvalue weighted by atomic mass is 16.1. The fraction of sp³-hybridized carbons (Fsp3) is 0.200. The van der Waals surface area contributed by atoms with E-state index in [-0.39, 0.29) is 11.9 Å². The largest absolute Gasteiger partial charge is 0.350 e. The van der Waals surface area contributed by atoms with Crippen LogP contribution in [0.15, 0.2) is 42.6 Å². The van der Waals surface area contributed by atoms with Gasteiger partial charge in [-0.3, -0.25) is 4.79 Å². The van der Waals surface area contributed by atoms with Crippen molar-refractivity contribution in [2.24, 2.45) is 0 Å². The van der Waals surface area contributed by atoms with Crippen LogP contribution in [0.5, 0.6) is 0 Å². The molecule has 6 nitrogen and oxygen atoms in total. The summed E-state index contributed by atoms with van der Waals surface area (Å²) in [6.45, 7) is 3.85. The lowest BCUT2D eigenvalue weighted by Gasteiger charge is -2.09. The van der Waals surface area contributed by atoms with Gasteiger partial charge in [-0.25, -0.2) is 4.98 Å². The number of carbonyl (C=O) groups excluding carboxylic acids is 1. The van der Waals surface area contributed by atoms with Gasteiger partial charge in [-0.2, -0.15) is 4.68 Å². The van der Waals surface area contributed by atoms with Crippen molar-refractivity contribution in [1.29, 1.82) is 0 Å². The van der Waals surface area contributed by atoms with Gasteiger partial charge in [0.05, 0.1) is 5.69 Å². The normalized spacial score (nSPS) is 11.0. The van der Waals surface area contributed by atoms with Gasteiger partial charge in [0, 0.05) is 17.8 Å². The molecule has 0 spiro atoms. The molecule has 0 fully saturated rings. The lowest BCUT2D eigenvalue weighted by molar-refractivity contribution is 0.0943. The molecule has 0 saturated heterocycles. The van der Waals surface area contributed by atoms with Crippen LogP contribution in [0.2, 0.25) is 0 Å². The van der Waals surface area contributed by atoms with Gasteiger partial charge in [-0.05, 0) is 44.2 Å². The van der Waals surface area contributed by atoms with Gasteiger partial charge in [0.15, 0.2) is 5.65 Å². The molecular formula is C15H15N5O. The van der Waals surface area contributed by atoms with Crippen LogP contribution in [0, 0.1) is 0 Å². The van der Waals surface area contributed by atoms with Gasteiger partial charge in [-0.15, -0.1) is 5.10 Å². The SMILES string of the molecule is CC(C)NC(=O)c1cccc(-n2nnc3cccnc32)c1. The van der Waals surface area contributed by atoms with E-state index < -0.39 is 0 Å². The molecule has 0 bridgehead atoms. The van der Waals surface area contributed by atoms with Crippen molar-refractivity contribution >= 4 is 17.1 Å². The number of rotatable bonds is 3. The second-order valence-electron chi connectivity index (χ2n) is 5.03. The number of pyridine rings is 1. The van der Waals surface area contributed by atoms with Crippen molar-refractivity contribution in [3.8, 4) is 5.69 Å². The summed E-state index contributed by atoms with van der Waals surface area (Å²) in [7, 11) is 0. The Morgan fingerprint density at radius 1 is 1.24 bits per heavy atom. The van der Waals surface area contributed by atoms with Crippen molar-refractivity contribution in [1.82, 2.24) is 25.3 Å². The summed E-state index contributed by atoms with van der Waals surface area (Å²) in [4.78, 5) is 16.3. The van der Waals surface area contributed by atoms with Gasteiger partial charge in [0.1, 0.15) is 5.52 Å². The highest BCUT2D eigenvalue weighted by Crippen LogP contribution is 2.15. The van der Waals surface area contributed by atoms with Crippen LogP contribution in [0.1, 0.15) is 24.2 Å². The Balaban J connectivity index is 2.02. The maximum Gasteiger partial charge on any atom is 0.251 e. The van der Waals surface area contributed by atoms with Crippen LogP contribution in [0.3, 0.4) is 0 Å². The number of fused-ring (bicyclic) bond motifs is 1. The van der Waals surface area contributed by atoms with E-state index in [9.17, 15) is 4.79 Å². The number of amides is 1. The maximum absolute atomic E-state index is 12.1. The lowest BCUT2D eigenvalue weighted by atomic mass is 10.2. The molecule has 0 atom stereocenters. The van der Waals surface area contributed by atoms with E-state index in [1.165, 1.54) is 0 Å². The zero-order chi connectivity index (χ0) is 14.8. The molecule has 3 aromatic rings. The summed E-state index contributed by atoms with van der Waals surface area (Å²) < 4.78 is 1.63. The minimum absolute atomic E-state index is 0.0926. The summed E-state index contributed by atoms with van der Waals surface area (Å²) >= 11 is 0. The molecule has 2 aromatic heterocycles. The van der Waals surface area contributed by atoms with E-state index in [1.54, 1.807) is 23.0 Å². The summed E-state index contributed by atoms with van der Waals surface area (Å²) in [6.07, 6.45) is 1.69. The Bertz CT molecular complexity index is 793. The minimum Gasteiger partial charge on any atom is -0.350 e. The zero-order valence-electron chi connectivity index (χ0n) is 11.8. The van der Waals surface area contributed by atoms with E-state index in [0.717, 1.165) is 11.2 Å².